The third kappa shape index (κ3) is 4.99. The van der Waals surface area contributed by atoms with Gasteiger partial charge in [-0.05, 0) is 29.9 Å². The summed E-state index contributed by atoms with van der Waals surface area (Å²) in [6, 6.07) is 9.43. The van der Waals surface area contributed by atoms with Gasteiger partial charge in [0.2, 0.25) is 11.9 Å². The lowest BCUT2D eigenvalue weighted by Crippen LogP contribution is -2.31. The SMILES string of the molecule is Br.CC(=O)Nc1nsc(C2CCCN2C(=O)OCc2ccccc2)n1. The van der Waals surface area contributed by atoms with Crippen LogP contribution in [0, 0.1) is 0 Å². The Hall–Kier alpha value is -2.00. The van der Waals surface area contributed by atoms with Gasteiger partial charge in [-0.2, -0.15) is 4.37 Å². The molecule has 2 heterocycles. The smallest absolute Gasteiger partial charge is 0.410 e. The van der Waals surface area contributed by atoms with E-state index in [4.69, 9.17) is 4.74 Å². The summed E-state index contributed by atoms with van der Waals surface area (Å²) < 4.78 is 9.52. The topological polar surface area (TPSA) is 84.4 Å². The van der Waals surface area contributed by atoms with Gasteiger partial charge < -0.3 is 4.74 Å². The minimum Gasteiger partial charge on any atom is -0.445 e. The van der Waals surface area contributed by atoms with E-state index in [1.807, 2.05) is 30.3 Å². The first-order valence-electron chi connectivity index (χ1n) is 7.72. The molecule has 0 aliphatic carbocycles. The number of halogens is 1. The highest BCUT2D eigenvalue weighted by Crippen LogP contribution is 2.34. The van der Waals surface area contributed by atoms with Crippen molar-refractivity contribution in [1.29, 1.82) is 0 Å². The maximum Gasteiger partial charge on any atom is 0.410 e. The van der Waals surface area contributed by atoms with Gasteiger partial charge in [0.1, 0.15) is 11.6 Å². The quantitative estimate of drug-likeness (QED) is 0.807. The molecule has 3 rings (SSSR count). The van der Waals surface area contributed by atoms with Crippen LogP contribution in [0.5, 0.6) is 0 Å². The molecule has 2 aromatic rings. The van der Waals surface area contributed by atoms with E-state index in [1.165, 1.54) is 18.5 Å². The van der Waals surface area contributed by atoms with Gasteiger partial charge in [-0.25, -0.2) is 9.78 Å². The van der Waals surface area contributed by atoms with Crippen molar-refractivity contribution < 1.29 is 14.3 Å². The van der Waals surface area contributed by atoms with Crippen molar-refractivity contribution in [2.24, 2.45) is 0 Å². The Balaban J connectivity index is 0.00000225. The maximum absolute atomic E-state index is 12.4. The standard InChI is InChI=1S/C16H18N4O3S.BrH/c1-11(21)17-15-18-14(24-19-15)13-8-5-9-20(13)16(22)23-10-12-6-3-2-4-7-12;/h2-4,6-7,13H,5,8-10H2,1H3,(H,17,19,21);1H. The molecule has 1 saturated heterocycles. The second kappa shape index (κ2) is 8.91. The van der Waals surface area contributed by atoms with Gasteiger partial charge in [0.25, 0.3) is 0 Å². The zero-order chi connectivity index (χ0) is 16.9. The molecule has 1 aromatic heterocycles. The fourth-order valence-corrected chi connectivity index (χ4v) is 3.38. The Kier molecular flexibility index (Phi) is 6.89. The van der Waals surface area contributed by atoms with Crippen molar-refractivity contribution in [3.63, 3.8) is 0 Å². The number of carbonyl (C=O) groups excluding carboxylic acids is 2. The lowest BCUT2D eigenvalue weighted by Gasteiger charge is -2.22. The number of nitrogens with one attached hydrogen (secondary N) is 1. The number of benzene rings is 1. The summed E-state index contributed by atoms with van der Waals surface area (Å²) in [5.41, 5.74) is 0.949. The van der Waals surface area contributed by atoms with E-state index in [9.17, 15) is 9.59 Å². The molecule has 0 saturated carbocycles. The predicted octanol–water partition coefficient (Wildman–Crippen LogP) is 3.55. The third-order valence-corrected chi connectivity index (χ3v) is 4.52. The Labute approximate surface area is 160 Å². The van der Waals surface area contributed by atoms with Crippen molar-refractivity contribution in [1.82, 2.24) is 14.3 Å². The number of nitrogens with zero attached hydrogens (tertiary/aromatic N) is 3. The molecule has 2 amide bonds. The van der Waals surface area contributed by atoms with Crippen LogP contribution in [-0.2, 0) is 16.1 Å². The molecule has 1 aliphatic heterocycles. The summed E-state index contributed by atoms with van der Waals surface area (Å²) in [6.07, 6.45) is 1.35. The highest BCUT2D eigenvalue weighted by molar-refractivity contribution is 8.93. The first-order valence-corrected chi connectivity index (χ1v) is 8.49. The van der Waals surface area contributed by atoms with Gasteiger partial charge in [-0.1, -0.05) is 30.3 Å². The van der Waals surface area contributed by atoms with Crippen LogP contribution in [0.2, 0.25) is 0 Å². The number of hydrogen-bond acceptors (Lipinski definition) is 6. The van der Waals surface area contributed by atoms with Gasteiger partial charge in [0.05, 0.1) is 6.04 Å². The number of carbonyl (C=O) groups is 2. The minimum absolute atomic E-state index is 0. The number of ether oxygens (including phenoxy) is 1. The van der Waals surface area contributed by atoms with Gasteiger partial charge in [-0.15, -0.1) is 17.0 Å². The molecule has 0 bridgehead atoms. The third-order valence-electron chi connectivity index (χ3n) is 3.71. The molecule has 25 heavy (non-hydrogen) atoms. The van der Waals surface area contributed by atoms with Crippen LogP contribution in [0.15, 0.2) is 30.3 Å². The molecule has 0 spiro atoms. The molecule has 1 fully saturated rings. The second-order valence-corrected chi connectivity index (χ2v) is 6.31. The van der Waals surface area contributed by atoms with E-state index >= 15 is 0 Å². The van der Waals surface area contributed by atoms with Crippen LogP contribution in [0.1, 0.15) is 36.4 Å². The zero-order valence-electron chi connectivity index (χ0n) is 13.7. The van der Waals surface area contributed by atoms with E-state index in [0.29, 0.717) is 11.6 Å². The fourth-order valence-electron chi connectivity index (χ4n) is 2.62. The van der Waals surface area contributed by atoms with Gasteiger partial charge in [0.15, 0.2) is 0 Å². The van der Waals surface area contributed by atoms with Crippen LogP contribution in [0.4, 0.5) is 10.7 Å². The highest BCUT2D eigenvalue weighted by Gasteiger charge is 2.33. The summed E-state index contributed by atoms with van der Waals surface area (Å²) in [7, 11) is 0. The van der Waals surface area contributed by atoms with Gasteiger partial charge >= 0.3 is 6.09 Å². The van der Waals surface area contributed by atoms with Crippen molar-refractivity contribution in [2.45, 2.75) is 32.4 Å². The van der Waals surface area contributed by atoms with Gasteiger partial charge in [0, 0.05) is 13.5 Å². The number of rotatable bonds is 4. The molecular formula is C16H19BrN4O3S. The second-order valence-electron chi connectivity index (χ2n) is 5.53. The maximum atomic E-state index is 12.4. The van der Waals surface area contributed by atoms with Crippen LogP contribution < -0.4 is 5.32 Å². The van der Waals surface area contributed by atoms with Crippen molar-refractivity contribution >= 4 is 46.5 Å². The summed E-state index contributed by atoms with van der Waals surface area (Å²) >= 11 is 1.20. The molecule has 1 N–H and O–H groups in total. The van der Waals surface area contributed by atoms with Crippen molar-refractivity contribution in [3.05, 3.63) is 40.9 Å². The monoisotopic (exact) mass is 426 g/mol. The predicted molar refractivity (Wildman–Crippen MR) is 99.8 cm³/mol. The molecule has 9 heteroatoms. The Morgan fingerprint density at radius 3 is 2.84 bits per heavy atom. The van der Waals surface area contributed by atoms with Crippen LogP contribution in [-0.4, -0.2) is 32.8 Å². The molecule has 7 nitrogen and oxygen atoms in total. The molecule has 1 atom stereocenters. The van der Waals surface area contributed by atoms with Crippen LogP contribution >= 0.6 is 28.5 Å². The average Bonchev–Trinajstić information content (AvgIpc) is 3.22. The van der Waals surface area contributed by atoms with E-state index in [0.717, 1.165) is 18.4 Å². The van der Waals surface area contributed by atoms with Gasteiger partial charge in [-0.3, -0.25) is 15.0 Å². The first kappa shape index (κ1) is 19.3. The summed E-state index contributed by atoms with van der Waals surface area (Å²) in [4.78, 5) is 29.4. The summed E-state index contributed by atoms with van der Waals surface area (Å²) in [5.74, 6) is 0.0666. The molecular weight excluding hydrogens is 408 g/mol. The number of amides is 2. The van der Waals surface area contributed by atoms with E-state index in [2.05, 4.69) is 14.7 Å². The first-order chi connectivity index (χ1) is 11.6. The average molecular weight is 427 g/mol. The van der Waals surface area contributed by atoms with E-state index in [1.54, 1.807) is 4.90 Å². The molecule has 1 unspecified atom stereocenters. The lowest BCUT2D eigenvalue weighted by molar-refractivity contribution is -0.114. The molecule has 1 aromatic carbocycles. The molecule has 0 radical (unpaired) electrons. The molecule has 134 valence electrons. The Morgan fingerprint density at radius 2 is 2.12 bits per heavy atom. The number of aromatic nitrogens is 2. The lowest BCUT2D eigenvalue weighted by atomic mass is 10.2. The van der Waals surface area contributed by atoms with Crippen molar-refractivity contribution in [3.8, 4) is 0 Å². The van der Waals surface area contributed by atoms with E-state index < -0.39 is 0 Å². The Morgan fingerprint density at radius 1 is 1.36 bits per heavy atom. The fraction of sp³-hybridized carbons (Fsp3) is 0.375. The molecule has 1 aliphatic rings. The number of hydrogen-bond donors (Lipinski definition) is 1. The normalized spacial score (nSPS) is 16.2. The van der Waals surface area contributed by atoms with E-state index in [-0.39, 0.29) is 47.6 Å². The Bertz CT molecular complexity index is 725. The minimum atomic E-state index is -0.349. The largest absolute Gasteiger partial charge is 0.445 e. The summed E-state index contributed by atoms with van der Waals surface area (Å²) in [5, 5.41) is 3.27. The van der Waals surface area contributed by atoms with Crippen molar-refractivity contribution in [2.75, 3.05) is 11.9 Å². The van der Waals surface area contributed by atoms with Crippen LogP contribution in [0.25, 0.3) is 0 Å². The summed E-state index contributed by atoms with van der Waals surface area (Å²) in [6.45, 7) is 2.28. The number of likely N-dealkylation sites (tertiary alicyclic amines) is 1. The van der Waals surface area contributed by atoms with Crippen LogP contribution in [0.3, 0.4) is 0 Å². The number of anilines is 1. The zero-order valence-corrected chi connectivity index (χ0v) is 16.2. The highest BCUT2D eigenvalue weighted by atomic mass is 79.9.